The summed E-state index contributed by atoms with van der Waals surface area (Å²) in [5.41, 5.74) is -0.415. The Balaban J connectivity index is 1.78. The van der Waals surface area contributed by atoms with Crippen molar-refractivity contribution < 1.29 is 9.53 Å². The van der Waals surface area contributed by atoms with Gasteiger partial charge in [-0.25, -0.2) is 0 Å². The largest absolute Gasteiger partial charge is 0.362 e. The van der Waals surface area contributed by atoms with Crippen LogP contribution in [0.25, 0.3) is 0 Å². The highest BCUT2D eigenvalue weighted by Gasteiger charge is 2.48. The maximum atomic E-state index is 12.0. The number of carbonyl (C=O) groups is 1. The summed E-state index contributed by atoms with van der Waals surface area (Å²) in [5.74, 6) is 2.18. The van der Waals surface area contributed by atoms with Crippen LogP contribution in [0.15, 0.2) is 0 Å². The summed E-state index contributed by atoms with van der Waals surface area (Å²) in [6.45, 7) is 6.98. The third-order valence-electron chi connectivity index (χ3n) is 4.37. The van der Waals surface area contributed by atoms with Crippen molar-refractivity contribution in [3.63, 3.8) is 0 Å². The third-order valence-corrected chi connectivity index (χ3v) is 4.37. The van der Waals surface area contributed by atoms with Gasteiger partial charge in [0.15, 0.2) is 5.78 Å². The Labute approximate surface area is 98.7 Å². The quantitative estimate of drug-likeness (QED) is 0.686. The van der Waals surface area contributed by atoms with E-state index in [1.807, 2.05) is 6.92 Å². The molecule has 2 atom stereocenters. The van der Waals surface area contributed by atoms with Crippen molar-refractivity contribution in [3.05, 3.63) is 0 Å². The molecule has 0 unspecified atom stereocenters. The lowest BCUT2D eigenvalue weighted by molar-refractivity contribution is -0.127. The van der Waals surface area contributed by atoms with Gasteiger partial charge in [0.25, 0.3) is 0 Å². The van der Waals surface area contributed by atoms with Crippen LogP contribution >= 0.6 is 0 Å². The molecule has 0 radical (unpaired) electrons. The van der Waals surface area contributed by atoms with Crippen molar-refractivity contribution in [2.75, 3.05) is 6.61 Å². The van der Waals surface area contributed by atoms with Crippen LogP contribution in [0.2, 0.25) is 0 Å². The Bertz CT molecular complexity index is 260. The van der Waals surface area contributed by atoms with E-state index in [1.165, 1.54) is 25.7 Å². The van der Waals surface area contributed by atoms with E-state index in [4.69, 9.17) is 4.74 Å². The van der Waals surface area contributed by atoms with Crippen LogP contribution in [0.5, 0.6) is 0 Å². The van der Waals surface area contributed by atoms with Crippen molar-refractivity contribution >= 4 is 5.78 Å². The van der Waals surface area contributed by atoms with Crippen LogP contribution < -0.4 is 0 Å². The first-order valence-corrected chi connectivity index (χ1v) is 6.69. The minimum atomic E-state index is -0.415. The zero-order valence-electron chi connectivity index (χ0n) is 10.8. The molecular weight excluding hydrogens is 200 g/mol. The van der Waals surface area contributed by atoms with E-state index >= 15 is 0 Å². The minimum Gasteiger partial charge on any atom is -0.362 e. The number of hydrogen-bond donors (Lipinski definition) is 0. The molecule has 0 aromatic carbocycles. The van der Waals surface area contributed by atoms with Gasteiger partial charge in [-0.2, -0.15) is 0 Å². The predicted octanol–water partition coefficient (Wildman–Crippen LogP) is 3.20. The highest BCUT2D eigenvalue weighted by molar-refractivity contribution is 5.91. The number of epoxide rings is 1. The van der Waals surface area contributed by atoms with Crippen molar-refractivity contribution in [1.29, 1.82) is 0 Å². The highest BCUT2D eigenvalue weighted by Crippen LogP contribution is 2.36. The number of ketones is 1. The van der Waals surface area contributed by atoms with Gasteiger partial charge >= 0.3 is 0 Å². The Morgan fingerprint density at radius 3 is 2.44 bits per heavy atom. The van der Waals surface area contributed by atoms with E-state index in [0.29, 0.717) is 12.4 Å². The second-order valence-corrected chi connectivity index (χ2v) is 6.15. The van der Waals surface area contributed by atoms with E-state index < -0.39 is 5.60 Å². The summed E-state index contributed by atoms with van der Waals surface area (Å²) in [7, 11) is 0. The lowest BCUT2D eigenvalue weighted by Crippen LogP contribution is -2.29. The molecule has 2 nitrogen and oxygen atoms in total. The standard InChI is InChI=1S/C14H24O2/c1-10-4-6-12(7-5-10)8-11(2)13(15)14(3)9-16-14/h10-12H,4-9H2,1-3H3/t10?,11-,12?,14+/m0/s1. The van der Waals surface area contributed by atoms with Gasteiger partial charge < -0.3 is 4.74 Å². The number of carbonyl (C=O) groups excluding carboxylic acids is 1. The van der Waals surface area contributed by atoms with Gasteiger partial charge in [-0.1, -0.05) is 39.5 Å². The molecule has 2 rings (SSSR count). The first kappa shape index (κ1) is 12.1. The number of hydrogen-bond acceptors (Lipinski definition) is 2. The van der Waals surface area contributed by atoms with Crippen LogP contribution in [0, 0.1) is 17.8 Å². The molecule has 1 aliphatic carbocycles. The minimum absolute atomic E-state index is 0.186. The SMILES string of the molecule is CC1CCC(C[C@H](C)C(=O)[C@@]2(C)CO2)CC1. The van der Waals surface area contributed by atoms with Gasteiger partial charge in [0.2, 0.25) is 0 Å². The first-order chi connectivity index (χ1) is 7.51. The summed E-state index contributed by atoms with van der Waals surface area (Å²) in [6.07, 6.45) is 6.40. The molecule has 1 heterocycles. The zero-order chi connectivity index (χ0) is 11.8. The fourth-order valence-corrected chi connectivity index (χ4v) is 2.94. The zero-order valence-corrected chi connectivity index (χ0v) is 10.8. The van der Waals surface area contributed by atoms with Crippen LogP contribution in [-0.2, 0) is 9.53 Å². The average Bonchev–Trinajstić information content (AvgIpc) is 3.00. The molecular formula is C14H24O2. The van der Waals surface area contributed by atoms with Crippen LogP contribution in [0.3, 0.4) is 0 Å². The van der Waals surface area contributed by atoms with Crippen molar-refractivity contribution in [1.82, 2.24) is 0 Å². The molecule has 2 heteroatoms. The van der Waals surface area contributed by atoms with Crippen LogP contribution in [0.1, 0.15) is 52.9 Å². The summed E-state index contributed by atoms with van der Waals surface area (Å²) in [4.78, 5) is 12.0. The fourth-order valence-electron chi connectivity index (χ4n) is 2.94. The van der Waals surface area contributed by atoms with E-state index in [2.05, 4.69) is 13.8 Å². The number of Topliss-reactive ketones (excluding diaryl/α,β-unsaturated/α-hetero) is 1. The van der Waals surface area contributed by atoms with Gasteiger partial charge in [-0.3, -0.25) is 4.79 Å². The molecule has 1 saturated carbocycles. The van der Waals surface area contributed by atoms with E-state index in [1.54, 1.807) is 0 Å². The third kappa shape index (κ3) is 2.65. The summed E-state index contributed by atoms with van der Waals surface area (Å²) >= 11 is 0. The van der Waals surface area contributed by atoms with Crippen molar-refractivity contribution in [3.8, 4) is 0 Å². The smallest absolute Gasteiger partial charge is 0.169 e. The number of ether oxygens (including phenoxy) is 1. The van der Waals surface area contributed by atoms with Gasteiger partial charge in [0.05, 0.1) is 6.61 Å². The summed E-state index contributed by atoms with van der Waals surface area (Å²) < 4.78 is 5.24. The van der Waals surface area contributed by atoms with Crippen molar-refractivity contribution in [2.24, 2.45) is 17.8 Å². The van der Waals surface area contributed by atoms with Crippen LogP contribution in [-0.4, -0.2) is 18.0 Å². The monoisotopic (exact) mass is 224 g/mol. The molecule has 92 valence electrons. The first-order valence-electron chi connectivity index (χ1n) is 6.69. The topological polar surface area (TPSA) is 29.6 Å². The molecule has 0 spiro atoms. The molecule has 0 aromatic heterocycles. The molecule has 2 fully saturated rings. The molecule has 0 N–H and O–H groups in total. The molecule has 0 amide bonds. The Morgan fingerprint density at radius 2 is 1.94 bits per heavy atom. The normalized spacial score (nSPS) is 40.4. The van der Waals surface area contributed by atoms with Crippen molar-refractivity contribution in [2.45, 2.75) is 58.5 Å². The molecule has 1 saturated heterocycles. The van der Waals surface area contributed by atoms with E-state index in [-0.39, 0.29) is 5.92 Å². The fraction of sp³-hybridized carbons (Fsp3) is 0.929. The van der Waals surface area contributed by atoms with Gasteiger partial charge in [-0.15, -0.1) is 0 Å². The lowest BCUT2D eigenvalue weighted by Gasteiger charge is -2.28. The highest BCUT2D eigenvalue weighted by atomic mass is 16.6. The Hall–Kier alpha value is -0.370. The number of rotatable bonds is 4. The average molecular weight is 224 g/mol. The molecule has 16 heavy (non-hydrogen) atoms. The van der Waals surface area contributed by atoms with Gasteiger partial charge in [-0.05, 0) is 25.2 Å². The molecule has 0 bridgehead atoms. The van der Waals surface area contributed by atoms with Gasteiger partial charge in [0, 0.05) is 5.92 Å². The summed E-state index contributed by atoms with van der Waals surface area (Å²) in [6, 6.07) is 0. The van der Waals surface area contributed by atoms with E-state index in [0.717, 1.165) is 18.3 Å². The Morgan fingerprint density at radius 1 is 1.38 bits per heavy atom. The summed E-state index contributed by atoms with van der Waals surface area (Å²) in [5, 5.41) is 0. The maximum absolute atomic E-state index is 12.0. The second-order valence-electron chi connectivity index (χ2n) is 6.15. The van der Waals surface area contributed by atoms with Crippen LogP contribution in [0.4, 0.5) is 0 Å². The van der Waals surface area contributed by atoms with Gasteiger partial charge in [0.1, 0.15) is 5.60 Å². The Kier molecular flexibility index (Phi) is 3.39. The lowest BCUT2D eigenvalue weighted by atomic mass is 9.77. The van der Waals surface area contributed by atoms with E-state index in [9.17, 15) is 4.79 Å². The second kappa shape index (κ2) is 4.48. The molecule has 1 aliphatic heterocycles. The maximum Gasteiger partial charge on any atom is 0.169 e. The predicted molar refractivity (Wildman–Crippen MR) is 64.3 cm³/mol. The molecule has 2 aliphatic rings. The molecule has 0 aromatic rings.